The molecule has 3 aromatic carbocycles. The highest BCUT2D eigenvalue weighted by atomic mass is 16.5. The molecule has 0 aromatic heterocycles. The number of carbonyl (C=O) groups is 1. The number of rotatable bonds is 12. The maximum absolute atomic E-state index is 10.7. The van der Waals surface area contributed by atoms with Crippen LogP contribution in [-0.2, 0) is 30.8 Å². The maximum atomic E-state index is 10.7. The fourth-order valence-electron chi connectivity index (χ4n) is 3.26. The van der Waals surface area contributed by atoms with Gasteiger partial charge in [0.05, 0.1) is 0 Å². The fraction of sp³-hybridized carbons (Fsp3) is 0.269. The Labute approximate surface area is 178 Å². The first kappa shape index (κ1) is 21.6. The maximum Gasteiger partial charge on any atom is 0.303 e. The van der Waals surface area contributed by atoms with Crippen LogP contribution in [0.15, 0.2) is 78.9 Å². The zero-order chi connectivity index (χ0) is 21.0. The summed E-state index contributed by atoms with van der Waals surface area (Å²) in [6.45, 7) is 2.38. The minimum Gasteiger partial charge on any atom is -0.489 e. The molecule has 0 amide bonds. The molecule has 0 aliphatic heterocycles. The molecule has 0 saturated heterocycles. The highest BCUT2D eigenvalue weighted by Crippen LogP contribution is 2.17. The highest BCUT2D eigenvalue weighted by Gasteiger charge is 2.02. The first-order chi connectivity index (χ1) is 14.7. The Bertz CT molecular complexity index is 907. The van der Waals surface area contributed by atoms with Gasteiger partial charge in [-0.05, 0) is 60.2 Å². The van der Waals surface area contributed by atoms with Gasteiger partial charge in [-0.15, -0.1) is 0 Å². The second-order valence-corrected chi connectivity index (χ2v) is 7.41. The van der Waals surface area contributed by atoms with E-state index in [1.54, 1.807) is 0 Å². The molecule has 0 spiro atoms. The number of hydrogen-bond acceptors (Lipinski definition) is 3. The lowest BCUT2D eigenvalue weighted by atomic mass is 10.1. The number of aliphatic carboxylic acids is 1. The average molecular weight is 404 g/mol. The number of carboxylic acid groups (broad SMARTS) is 1. The summed E-state index contributed by atoms with van der Waals surface area (Å²) in [6, 6.07) is 26.7. The van der Waals surface area contributed by atoms with Crippen molar-refractivity contribution < 1.29 is 14.6 Å². The van der Waals surface area contributed by atoms with Crippen molar-refractivity contribution in [3.63, 3.8) is 0 Å². The molecule has 0 aliphatic carbocycles. The molecule has 30 heavy (non-hydrogen) atoms. The SMILES string of the molecule is O=C(O)CCc1ccc(COc2cccc(CCCNCc3ccccc3)c2)cc1. The summed E-state index contributed by atoms with van der Waals surface area (Å²) in [7, 11) is 0. The second kappa shape index (κ2) is 11.8. The Morgan fingerprint density at radius 3 is 2.30 bits per heavy atom. The number of hydrogen-bond donors (Lipinski definition) is 2. The standard InChI is InChI=1S/C26H29NO3/c28-26(29)16-15-21-11-13-24(14-12-21)20-30-25-10-4-8-22(18-25)9-5-17-27-19-23-6-2-1-3-7-23/h1-4,6-8,10-14,18,27H,5,9,15-17,19-20H2,(H,28,29). The molecule has 0 bridgehead atoms. The van der Waals surface area contributed by atoms with Gasteiger partial charge >= 0.3 is 5.97 Å². The Hall–Kier alpha value is -3.11. The molecule has 3 aromatic rings. The van der Waals surface area contributed by atoms with Gasteiger partial charge in [-0.1, -0.05) is 66.7 Å². The van der Waals surface area contributed by atoms with Crippen molar-refractivity contribution in [3.8, 4) is 5.75 Å². The molecule has 0 heterocycles. The molecular weight excluding hydrogens is 374 g/mol. The van der Waals surface area contributed by atoms with E-state index >= 15 is 0 Å². The zero-order valence-corrected chi connectivity index (χ0v) is 17.2. The minimum absolute atomic E-state index is 0.157. The van der Waals surface area contributed by atoms with E-state index in [4.69, 9.17) is 9.84 Å². The first-order valence-electron chi connectivity index (χ1n) is 10.4. The highest BCUT2D eigenvalue weighted by molar-refractivity contribution is 5.67. The van der Waals surface area contributed by atoms with E-state index in [1.807, 2.05) is 42.5 Å². The van der Waals surface area contributed by atoms with E-state index in [0.29, 0.717) is 13.0 Å². The van der Waals surface area contributed by atoms with Crippen molar-refractivity contribution in [2.75, 3.05) is 6.54 Å². The molecule has 0 aliphatic rings. The Morgan fingerprint density at radius 2 is 1.53 bits per heavy atom. The van der Waals surface area contributed by atoms with Crippen LogP contribution < -0.4 is 10.1 Å². The van der Waals surface area contributed by atoms with Crippen LogP contribution in [0.2, 0.25) is 0 Å². The third kappa shape index (κ3) is 7.72. The molecule has 0 unspecified atom stereocenters. The Kier molecular flexibility index (Phi) is 8.48. The lowest BCUT2D eigenvalue weighted by Gasteiger charge is -2.09. The largest absolute Gasteiger partial charge is 0.489 e. The number of aryl methyl sites for hydroxylation is 2. The molecule has 4 heteroatoms. The van der Waals surface area contributed by atoms with Crippen LogP contribution in [0, 0.1) is 0 Å². The Morgan fingerprint density at radius 1 is 0.800 bits per heavy atom. The van der Waals surface area contributed by atoms with Gasteiger partial charge in [0.2, 0.25) is 0 Å². The van der Waals surface area contributed by atoms with Crippen LogP contribution in [-0.4, -0.2) is 17.6 Å². The average Bonchev–Trinajstić information content (AvgIpc) is 2.78. The summed E-state index contributed by atoms with van der Waals surface area (Å²) < 4.78 is 5.95. The molecule has 3 rings (SSSR count). The van der Waals surface area contributed by atoms with E-state index in [2.05, 4.69) is 41.7 Å². The van der Waals surface area contributed by atoms with Gasteiger partial charge in [-0.25, -0.2) is 0 Å². The minimum atomic E-state index is -0.769. The third-order valence-corrected chi connectivity index (χ3v) is 4.95. The van der Waals surface area contributed by atoms with Gasteiger partial charge in [0.1, 0.15) is 12.4 Å². The van der Waals surface area contributed by atoms with Gasteiger partial charge in [-0.2, -0.15) is 0 Å². The summed E-state index contributed by atoms with van der Waals surface area (Å²) in [5.41, 5.74) is 4.69. The van der Waals surface area contributed by atoms with Crippen molar-refractivity contribution in [1.82, 2.24) is 5.32 Å². The third-order valence-electron chi connectivity index (χ3n) is 4.95. The van der Waals surface area contributed by atoms with E-state index in [9.17, 15) is 4.79 Å². The van der Waals surface area contributed by atoms with Crippen LogP contribution in [0.3, 0.4) is 0 Å². The first-order valence-corrected chi connectivity index (χ1v) is 10.4. The van der Waals surface area contributed by atoms with Crippen molar-refractivity contribution >= 4 is 5.97 Å². The second-order valence-electron chi connectivity index (χ2n) is 7.41. The number of carboxylic acids is 1. The quantitative estimate of drug-likeness (QED) is 0.418. The van der Waals surface area contributed by atoms with Crippen LogP contribution in [0.1, 0.15) is 35.1 Å². The molecular formula is C26H29NO3. The lowest BCUT2D eigenvalue weighted by molar-refractivity contribution is -0.136. The molecule has 4 nitrogen and oxygen atoms in total. The van der Waals surface area contributed by atoms with Crippen molar-refractivity contribution in [1.29, 1.82) is 0 Å². The van der Waals surface area contributed by atoms with Gasteiger partial charge < -0.3 is 15.2 Å². The summed E-state index contributed by atoms with van der Waals surface area (Å²) in [5.74, 6) is 0.106. The summed E-state index contributed by atoms with van der Waals surface area (Å²) in [5, 5.41) is 12.3. The van der Waals surface area contributed by atoms with E-state index in [-0.39, 0.29) is 6.42 Å². The van der Waals surface area contributed by atoms with Crippen molar-refractivity contribution in [3.05, 3.63) is 101 Å². The zero-order valence-electron chi connectivity index (χ0n) is 17.2. The van der Waals surface area contributed by atoms with E-state index in [0.717, 1.165) is 42.8 Å². The molecule has 0 radical (unpaired) electrons. The van der Waals surface area contributed by atoms with Gasteiger partial charge in [0.25, 0.3) is 0 Å². The topological polar surface area (TPSA) is 58.6 Å². The molecule has 156 valence electrons. The summed E-state index contributed by atoms with van der Waals surface area (Å²) in [6.07, 6.45) is 2.80. The molecule has 0 fully saturated rings. The fourth-order valence-corrected chi connectivity index (χ4v) is 3.26. The van der Waals surface area contributed by atoms with Crippen LogP contribution >= 0.6 is 0 Å². The molecule has 0 saturated carbocycles. The number of nitrogens with one attached hydrogen (secondary N) is 1. The summed E-state index contributed by atoms with van der Waals surface area (Å²) >= 11 is 0. The van der Waals surface area contributed by atoms with Crippen LogP contribution in [0.4, 0.5) is 0 Å². The van der Waals surface area contributed by atoms with Crippen molar-refractivity contribution in [2.45, 2.75) is 38.8 Å². The van der Waals surface area contributed by atoms with Crippen LogP contribution in [0.25, 0.3) is 0 Å². The van der Waals surface area contributed by atoms with Gasteiger partial charge in [-0.3, -0.25) is 4.79 Å². The van der Waals surface area contributed by atoms with E-state index in [1.165, 1.54) is 11.1 Å². The predicted molar refractivity (Wildman–Crippen MR) is 120 cm³/mol. The van der Waals surface area contributed by atoms with E-state index < -0.39 is 5.97 Å². The molecule has 0 atom stereocenters. The normalized spacial score (nSPS) is 10.7. The number of benzene rings is 3. The van der Waals surface area contributed by atoms with Crippen LogP contribution in [0.5, 0.6) is 5.75 Å². The van der Waals surface area contributed by atoms with Gasteiger partial charge in [0.15, 0.2) is 0 Å². The summed E-state index contributed by atoms with van der Waals surface area (Å²) in [4.78, 5) is 10.7. The smallest absolute Gasteiger partial charge is 0.303 e. The predicted octanol–water partition coefficient (Wildman–Crippen LogP) is 5.01. The van der Waals surface area contributed by atoms with Gasteiger partial charge in [0, 0.05) is 13.0 Å². The Balaban J connectivity index is 1.39. The van der Waals surface area contributed by atoms with Crippen molar-refractivity contribution in [2.24, 2.45) is 0 Å². The monoisotopic (exact) mass is 403 g/mol. The number of ether oxygens (including phenoxy) is 1. The lowest BCUT2D eigenvalue weighted by Crippen LogP contribution is -2.15. The molecule has 2 N–H and O–H groups in total.